The third kappa shape index (κ3) is 38.5. The molecule has 9 aromatic rings. The summed E-state index contributed by atoms with van der Waals surface area (Å²) in [6.07, 6.45) is -4.32. The number of alkyl halides is 3. The second-order valence-corrected chi connectivity index (χ2v) is 35.8. The molecule has 0 aliphatic heterocycles. The van der Waals surface area contributed by atoms with Crippen LogP contribution in [0.4, 0.5) is 26.3 Å². The lowest BCUT2D eigenvalue weighted by molar-refractivity contribution is -0.137. The van der Waals surface area contributed by atoms with Gasteiger partial charge in [0, 0.05) is 45.1 Å². The van der Waals surface area contributed by atoms with Crippen LogP contribution in [0.25, 0.3) is 0 Å². The average molecular weight is 2120 g/mol. The molecule has 0 unspecified atom stereocenters. The van der Waals surface area contributed by atoms with Crippen molar-refractivity contribution in [1.29, 1.82) is 0 Å². The van der Waals surface area contributed by atoms with Crippen molar-refractivity contribution < 1.29 is 31.4 Å². The predicted molar refractivity (Wildman–Crippen MR) is 470 cm³/mol. The van der Waals surface area contributed by atoms with Crippen molar-refractivity contribution in [1.82, 2.24) is 0 Å². The second kappa shape index (κ2) is 49.4. The van der Waals surface area contributed by atoms with Crippen molar-refractivity contribution in [2.75, 3.05) is 0 Å². The van der Waals surface area contributed by atoms with Crippen LogP contribution in [0.3, 0.4) is 0 Å². The van der Waals surface area contributed by atoms with E-state index < -0.39 is 11.7 Å². The molecule has 1 nitrogen and oxygen atoms in total. The Morgan fingerprint density at radius 2 is 0.735 bits per heavy atom. The zero-order valence-electron chi connectivity index (χ0n) is 60.4. The molecule has 0 aromatic heterocycles. The first kappa shape index (κ1) is 98.2. The molecule has 9 aromatic carbocycles. The van der Waals surface area contributed by atoms with E-state index in [9.17, 15) is 31.4 Å². The van der Waals surface area contributed by atoms with Crippen LogP contribution in [0, 0.1) is 28.2 Å². The highest BCUT2D eigenvalue weighted by Crippen LogP contribution is 2.35. The first-order valence-electron chi connectivity index (χ1n) is 32.7. The molecule has 1 N–H and O–H groups in total. The van der Waals surface area contributed by atoms with Gasteiger partial charge >= 0.3 is 6.18 Å². The lowest BCUT2D eigenvalue weighted by atomic mass is 10.0. The van der Waals surface area contributed by atoms with E-state index in [1.807, 2.05) is 128 Å². The smallest absolute Gasteiger partial charge is 0.416 e. The summed E-state index contributed by atoms with van der Waals surface area (Å²) in [6, 6.07) is 48.9. The molecule has 0 aliphatic carbocycles. The summed E-state index contributed by atoms with van der Waals surface area (Å²) in [6.45, 7) is 37.3. The molecule has 558 valence electrons. The largest absolute Gasteiger partial charge is 0.507 e. The fourth-order valence-electron chi connectivity index (χ4n) is 8.53. The number of halogens is 19. The van der Waals surface area contributed by atoms with E-state index in [1.165, 1.54) is 48.0 Å². The molecule has 0 radical (unpaired) electrons. The van der Waals surface area contributed by atoms with E-state index in [-0.39, 0.29) is 44.4 Å². The zero-order chi connectivity index (χ0) is 78.4. The second-order valence-electron chi connectivity index (χ2n) is 26.1. The Hall–Kier alpha value is -1.79. The fraction of sp³-hybridized carbons (Fsp3) is 0.341. The molecule has 0 fully saturated rings. The van der Waals surface area contributed by atoms with Crippen LogP contribution < -0.4 is 0 Å². The zero-order valence-corrected chi connectivity index (χ0v) is 77.8. The van der Waals surface area contributed by atoms with Gasteiger partial charge < -0.3 is 5.11 Å². The van der Waals surface area contributed by atoms with Crippen LogP contribution in [0.5, 0.6) is 5.75 Å². The maximum atomic E-state index is 13.1. The number of aromatic hydroxyl groups is 1. The van der Waals surface area contributed by atoms with Gasteiger partial charge in [0.25, 0.3) is 0 Å². The summed E-state index contributed by atoms with van der Waals surface area (Å²) in [5, 5.41) is 12.3. The van der Waals surface area contributed by atoms with Crippen molar-refractivity contribution in [3.63, 3.8) is 0 Å². The van der Waals surface area contributed by atoms with E-state index in [4.69, 9.17) is 69.6 Å². The van der Waals surface area contributed by atoms with Gasteiger partial charge in [0.2, 0.25) is 0 Å². The molecule has 0 spiro atoms. The molecule has 0 saturated carbocycles. The first-order valence-corrected chi connectivity index (χ1v) is 41.4. The molecular formula is C82H91Br4Cl6F6I3O. The fourth-order valence-corrected chi connectivity index (χ4v) is 14.5. The Labute approximate surface area is 709 Å². The van der Waals surface area contributed by atoms with Crippen LogP contribution in [0.1, 0.15) is 234 Å². The van der Waals surface area contributed by atoms with Crippen LogP contribution in [0.2, 0.25) is 30.1 Å². The van der Waals surface area contributed by atoms with Gasteiger partial charge in [0.1, 0.15) is 23.2 Å². The van der Waals surface area contributed by atoms with Crippen molar-refractivity contribution >= 4 is 201 Å². The van der Waals surface area contributed by atoms with Gasteiger partial charge in [-0.1, -0.05) is 300 Å². The standard InChI is InChI=1S/C10H10ClF3.3C9H10BrCl.C9H10BrI.2C9H10ClF.C9H10FI.C9H11IO/c1-6(2)7-3-8(10(12,13)14)5-9(11)4-7;1-6(2)7-3-8(10)5-9(11)4-7;1-6(2)8-4-3-7(11)5-9(8)10;1-6(2)8-4-3-7(10)5-9(8)11;1-6(2)8-4-3-7(11)5-9(8)10;1-6(2)7-3-4-9(11)8(10)5-7;1-6(2)7-3-4-8(10)9(11)5-7;1-6(2)8-4-3-7(11)5-9(8)10;1-6(2)7-3-4-8(10)9(11)5-7/h3-6H,1-2H3;7*3-6H,1-2H3;3-6,11H,1-2H3. The molecule has 0 aliphatic rings. The highest BCUT2D eigenvalue weighted by molar-refractivity contribution is 14.1. The lowest BCUT2D eigenvalue weighted by Gasteiger charge is -2.11. The average Bonchev–Trinajstić information content (AvgIpc) is 0.834. The van der Waals surface area contributed by atoms with Crippen LogP contribution in [-0.2, 0) is 6.18 Å². The van der Waals surface area contributed by atoms with Gasteiger partial charge in [-0.15, -0.1) is 0 Å². The first-order chi connectivity index (χ1) is 47.2. The summed E-state index contributed by atoms with van der Waals surface area (Å²) in [5.74, 6) is 3.32. The third-order valence-electron chi connectivity index (χ3n) is 14.7. The topological polar surface area (TPSA) is 20.2 Å². The minimum absolute atomic E-state index is 0.0369. The molecule has 0 saturated heterocycles. The number of benzene rings is 9. The quantitative estimate of drug-likeness (QED) is 0.113. The molecular weight excluding hydrogens is 2030 g/mol. The summed E-state index contributed by atoms with van der Waals surface area (Å²) >= 11 is 54.6. The molecule has 20 heteroatoms. The van der Waals surface area contributed by atoms with E-state index in [2.05, 4.69) is 237 Å². The van der Waals surface area contributed by atoms with Gasteiger partial charge in [-0.25, -0.2) is 13.2 Å². The Morgan fingerprint density at radius 3 is 1.16 bits per heavy atom. The maximum Gasteiger partial charge on any atom is 0.416 e. The third-order valence-corrected chi connectivity index (χ3v) is 20.8. The Kier molecular flexibility index (Phi) is 47.5. The molecule has 0 amide bonds. The number of rotatable bonds is 9. The maximum absolute atomic E-state index is 13.1. The number of hydrogen-bond donors (Lipinski definition) is 1. The van der Waals surface area contributed by atoms with Crippen LogP contribution in [0.15, 0.2) is 182 Å². The van der Waals surface area contributed by atoms with Gasteiger partial charge in [-0.3, -0.25) is 0 Å². The van der Waals surface area contributed by atoms with E-state index in [1.54, 1.807) is 30.3 Å². The number of hydrogen-bond acceptors (Lipinski definition) is 1. The minimum atomic E-state index is -4.32. The summed E-state index contributed by atoms with van der Waals surface area (Å²) in [7, 11) is 0. The monoisotopic (exact) mass is 2110 g/mol. The highest BCUT2D eigenvalue weighted by Gasteiger charge is 2.31. The SMILES string of the molecule is CC(C)c1cc(Cl)cc(Br)c1.CC(C)c1cc(Cl)cc(C(F)(F)F)c1.CC(C)c1ccc(Br)cc1Cl.CC(C)c1ccc(Cl)c(F)c1.CC(C)c1ccc(Cl)cc1Br.CC(C)c1ccc(F)c(Cl)c1.CC(C)c1ccc(I)c(O)c1.CC(C)c1ccc(I)cc1Br.CC(C)c1ccc(I)cc1F. The van der Waals surface area contributed by atoms with E-state index >= 15 is 0 Å². The summed E-state index contributed by atoms with van der Waals surface area (Å²) in [4.78, 5) is 0. The van der Waals surface area contributed by atoms with Crippen molar-refractivity contribution in [2.45, 2.75) is 184 Å². The Bertz CT molecular complexity index is 3640. The van der Waals surface area contributed by atoms with Crippen LogP contribution in [-0.4, -0.2) is 5.11 Å². The number of phenolic OH excluding ortho intramolecular Hbond substituents is 1. The highest BCUT2D eigenvalue weighted by atomic mass is 127. The van der Waals surface area contributed by atoms with Crippen molar-refractivity contribution in [3.05, 3.63) is 296 Å². The normalized spacial score (nSPS) is 10.8. The molecule has 0 heterocycles. The van der Waals surface area contributed by atoms with Crippen LogP contribution >= 0.6 is 201 Å². The Morgan fingerprint density at radius 1 is 0.314 bits per heavy atom. The van der Waals surface area contributed by atoms with Gasteiger partial charge in [-0.2, -0.15) is 13.2 Å². The van der Waals surface area contributed by atoms with Crippen molar-refractivity contribution in [3.8, 4) is 5.75 Å². The molecule has 9 rings (SSSR count). The predicted octanol–water partition coefficient (Wildman–Crippen LogP) is 35.2. The van der Waals surface area contributed by atoms with Gasteiger partial charge in [0.05, 0.1) is 19.2 Å². The molecule has 0 bridgehead atoms. The Balaban J connectivity index is 0.000000574. The van der Waals surface area contributed by atoms with Gasteiger partial charge in [0.15, 0.2) is 0 Å². The van der Waals surface area contributed by atoms with E-state index in [0.717, 1.165) is 64.4 Å². The lowest BCUT2D eigenvalue weighted by Crippen LogP contribution is -2.05. The van der Waals surface area contributed by atoms with Crippen molar-refractivity contribution in [2.24, 2.45) is 0 Å². The summed E-state index contributed by atoms with van der Waals surface area (Å²) in [5.41, 5.74) is 9.09. The molecule has 0 atom stereocenters. The van der Waals surface area contributed by atoms with Gasteiger partial charge in [-0.05, 0) is 292 Å². The number of phenols is 1. The summed E-state index contributed by atoms with van der Waals surface area (Å²) < 4.78 is 83.1. The van der Waals surface area contributed by atoms with E-state index in [0.29, 0.717) is 52.7 Å². The minimum Gasteiger partial charge on any atom is -0.507 e. The molecule has 102 heavy (non-hydrogen) atoms.